The number of imide groups is 1. The number of anilines is 2. The number of fused-ring (bicyclic) bond motifs is 1. The first-order chi connectivity index (χ1) is 14.0. The van der Waals surface area contributed by atoms with Crippen LogP contribution in [0.4, 0.5) is 11.4 Å². The predicted octanol–water partition coefficient (Wildman–Crippen LogP) is 2.26. The Bertz CT molecular complexity index is 1050. The molecule has 2 amide bonds. The Morgan fingerprint density at radius 1 is 1.00 bits per heavy atom. The Morgan fingerprint density at radius 2 is 1.66 bits per heavy atom. The number of carbonyl (C=O) groups excluding carboxylic acids is 3. The van der Waals surface area contributed by atoms with Crippen LogP contribution in [0.15, 0.2) is 53.6 Å². The van der Waals surface area contributed by atoms with Crippen LogP contribution in [0.2, 0.25) is 5.02 Å². The number of nitrogens with zero attached hydrogens (tertiary/aromatic N) is 3. The van der Waals surface area contributed by atoms with E-state index in [1.807, 2.05) is 0 Å². The molecule has 4 rings (SSSR count). The summed E-state index contributed by atoms with van der Waals surface area (Å²) < 4.78 is 10.1. The first kappa shape index (κ1) is 18.9. The maximum Gasteiger partial charge on any atom is 0.355 e. The molecule has 1 fully saturated rings. The average molecular weight is 414 g/mol. The predicted molar refractivity (Wildman–Crippen MR) is 106 cm³/mol. The van der Waals surface area contributed by atoms with Crippen LogP contribution in [-0.4, -0.2) is 43.8 Å². The lowest BCUT2D eigenvalue weighted by Gasteiger charge is -2.23. The van der Waals surface area contributed by atoms with Crippen molar-refractivity contribution < 1.29 is 23.9 Å². The third kappa shape index (κ3) is 2.84. The molecule has 2 aromatic carbocycles. The van der Waals surface area contributed by atoms with E-state index >= 15 is 0 Å². The summed E-state index contributed by atoms with van der Waals surface area (Å²) in [4.78, 5) is 40.0. The van der Waals surface area contributed by atoms with Gasteiger partial charge in [0, 0.05) is 0 Å². The number of carbonyl (C=O) groups is 3. The number of hydrazone groups is 1. The quantitative estimate of drug-likeness (QED) is 0.564. The summed E-state index contributed by atoms with van der Waals surface area (Å²) in [5.41, 5.74) is 0.557. The van der Waals surface area contributed by atoms with Gasteiger partial charge in [-0.05, 0) is 24.3 Å². The van der Waals surface area contributed by atoms with Gasteiger partial charge in [0.05, 0.1) is 30.6 Å². The zero-order valence-electron chi connectivity index (χ0n) is 15.5. The number of para-hydroxylation sites is 3. The summed E-state index contributed by atoms with van der Waals surface area (Å²) in [7, 11) is 2.64. The molecule has 0 bridgehead atoms. The number of hydrogen-bond donors (Lipinski definition) is 0. The smallest absolute Gasteiger partial charge is 0.355 e. The van der Waals surface area contributed by atoms with Crippen molar-refractivity contribution in [3.8, 4) is 5.75 Å². The van der Waals surface area contributed by atoms with Crippen molar-refractivity contribution in [3.05, 3.63) is 53.6 Å². The largest absolute Gasteiger partial charge is 0.495 e. The second kappa shape index (κ2) is 7.21. The third-order valence-corrected chi connectivity index (χ3v) is 5.19. The van der Waals surface area contributed by atoms with E-state index < -0.39 is 29.7 Å². The van der Waals surface area contributed by atoms with Crippen LogP contribution in [0, 0.1) is 5.92 Å². The fourth-order valence-corrected chi connectivity index (χ4v) is 3.80. The molecule has 0 radical (unpaired) electrons. The molecule has 2 atom stereocenters. The lowest BCUT2D eigenvalue weighted by atomic mass is 9.98. The molecule has 29 heavy (non-hydrogen) atoms. The van der Waals surface area contributed by atoms with E-state index in [0.717, 1.165) is 4.90 Å². The summed E-state index contributed by atoms with van der Waals surface area (Å²) >= 11 is 6.28. The Hall–Kier alpha value is -3.39. The van der Waals surface area contributed by atoms with Crippen LogP contribution in [-0.2, 0) is 19.1 Å². The molecule has 148 valence electrons. The third-order valence-electron chi connectivity index (χ3n) is 4.87. The molecule has 0 spiro atoms. The molecule has 9 heteroatoms. The van der Waals surface area contributed by atoms with Gasteiger partial charge in [0.1, 0.15) is 17.7 Å². The number of esters is 1. The first-order valence-corrected chi connectivity index (χ1v) is 9.08. The topological polar surface area (TPSA) is 88.5 Å². The lowest BCUT2D eigenvalue weighted by molar-refractivity contribution is -0.133. The lowest BCUT2D eigenvalue weighted by Crippen LogP contribution is -2.39. The maximum absolute atomic E-state index is 13.4. The minimum Gasteiger partial charge on any atom is -0.495 e. The average Bonchev–Trinajstić information content (AvgIpc) is 3.25. The Labute approximate surface area is 171 Å². The summed E-state index contributed by atoms with van der Waals surface area (Å²) in [5.74, 6) is -2.65. The van der Waals surface area contributed by atoms with E-state index in [1.54, 1.807) is 48.5 Å². The normalized spacial score (nSPS) is 20.6. The molecule has 2 aliphatic rings. The van der Waals surface area contributed by atoms with E-state index in [9.17, 15) is 14.4 Å². The molecule has 2 heterocycles. The van der Waals surface area contributed by atoms with Gasteiger partial charge in [-0.3, -0.25) is 9.59 Å². The first-order valence-electron chi connectivity index (χ1n) is 8.71. The highest BCUT2D eigenvalue weighted by atomic mass is 35.5. The molecule has 0 aliphatic carbocycles. The molecule has 0 saturated carbocycles. The van der Waals surface area contributed by atoms with E-state index in [0.29, 0.717) is 22.1 Å². The van der Waals surface area contributed by atoms with Gasteiger partial charge in [-0.15, -0.1) is 0 Å². The fourth-order valence-electron chi connectivity index (χ4n) is 3.58. The van der Waals surface area contributed by atoms with Crippen LogP contribution < -0.4 is 14.6 Å². The molecule has 0 aromatic heterocycles. The van der Waals surface area contributed by atoms with Crippen molar-refractivity contribution in [2.75, 3.05) is 24.1 Å². The molecule has 2 unspecified atom stereocenters. The minimum absolute atomic E-state index is 0.145. The fraction of sp³-hybridized carbons (Fsp3) is 0.200. The van der Waals surface area contributed by atoms with Crippen molar-refractivity contribution in [2.24, 2.45) is 11.0 Å². The Kier molecular flexibility index (Phi) is 4.71. The van der Waals surface area contributed by atoms with Crippen LogP contribution >= 0.6 is 11.6 Å². The number of ether oxygens (including phenoxy) is 2. The van der Waals surface area contributed by atoms with Crippen molar-refractivity contribution in [1.29, 1.82) is 0 Å². The van der Waals surface area contributed by atoms with E-state index in [-0.39, 0.29) is 5.71 Å². The van der Waals surface area contributed by atoms with E-state index in [4.69, 9.17) is 21.1 Å². The molecule has 1 saturated heterocycles. The number of halogens is 1. The van der Waals surface area contributed by atoms with Crippen molar-refractivity contribution in [3.63, 3.8) is 0 Å². The number of amides is 2. The second-order valence-electron chi connectivity index (χ2n) is 6.38. The van der Waals surface area contributed by atoms with Gasteiger partial charge in [0.2, 0.25) is 5.91 Å². The van der Waals surface area contributed by atoms with Gasteiger partial charge in [-0.2, -0.15) is 5.10 Å². The van der Waals surface area contributed by atoms with Crippen LogP contribution in [0.5, 0.6) is 5.75 Å². The molecular formula is C20H16ClN3O5. The molecule has 2 aliphatic heterocycles. The number of rotatable bonds is 4. The number of hydrogen-bond acceptors (Lipinski definition) is 7. The second-order valence-corrected chi connectivity index (χ2v) is 6.79. The van der Waals surface area contributed by atoms with Gasteiger partial charge in [-0.25, -0.2) is 14.7 Å². The highest BCUT2D eigenvalue weighted by molar-refractivity contribution is 6.47. The number of methoxy groups -OCH3 is 2. The SMILES string of the molecule is COC(=O)C1=NN(c2ccccc2Cl)C2C(=O)N(c3ccccc3OC)C(=O)C12. The summed E-state index contributed by atoms with van der Waals surface area (Å²) in [5, 5.41) is 5.88. The van der Waals surface area contributed by atoms with Gasteiger partial charge >= 0.3 is 5.97 Å². The van der Waals surface area contributed by atoms with Crippen molar-refractivity contribution >= 4 is 46.5 Å². The number of benzene rings is 2. The van der Waals surface area contributed by atoms with Crippen molar-refractivity contribution in [2.45, 2.75) is 6.04 Å². The monoisotopic (exact) mass is 413 g/mol. The van der Waals surface area contributed by atoms with Gasteiger partial charge < -0.3 is 9.47 Å². The summed E-state index contributed by atoms with van der Waals surface area (Å²) in [6.45, 7) is 0. The highest BCUT2D eigenvalue weighted by Crippen LogP contribution is 2.41. The van der Waals surface area contributed by atoms with E-state index in [2.05, 4.69) is 5.10 Å². The summed E-state index contributed by atoms with van der Waals surface area (Å²) in [6.07, 6.45) is 0. The standard InChI is InChI=1S/C20H16ClN3O5/c1-28-14-10-6-5-9-13(14)23-18(25)15-16(20(27)29-2)22-24(17(15)19(23)26)12-8-4-3-7-11(12)21/h3-10,15,17H,1-2H3. The van der Waals surface area contributed by atoms with E-state index in [1.165, 1.54) is 19.2 Å². The van der Waals surface area contributed by atoms with Crippen molar-refractivity contribution in [1.82, 2.24) is 0 Å². The Balaban J connectivity index is 1.85. The zero-order chi connectivity index (χ0) is 20.7. The minimum atomic E-state index is -1.11. The molecule has 0 N–H and O–H groups in total. The van der Waals surface area contributed by atoms with Gasteiger partial charge in [0.25, 0.3) is 5.91 Å². The van der Waals surface area contributed by atoms with Gasteiger partial charge in [-0.1, -0.05) is 35.9 Å². The van der Waals surface area contributed by atoms with Gasteiger partial charge in [0.15, 0.2) is 5.71 Å². The van der Waals surface area contributed by atoms with Crippen LogP contribution in [0.1, 0.15) is 0 Å². The highest BCUT2D eigenvalue weighted by Gasteiger charge is 2.59. The zero-order valence-corrected chi connectivity index (χ0v) is 16.3. The molecule has 2 aromatic rings. The Morgan fingerprint density at radius 3 is 2.31 bits per heavy atom. The molecule has 8 nitrogen and oxygen atoms in total. The van der Waals surface area contributed by atoms with Crippen LogP contribution in [0.3, 0.4) is 0 Å². The van der Waals surface area contributed by atoms with Crippen LogP contribution in [0.25, 0.3) is 0 Å². The maximum atomic E-state index is 13.4. The summed E-state index contributed by atoms with van der Waals surface area (Å²) in [6, 6.07) is 12.4. The molecular weight excluding hydrogens is 398 g/mol.